The number of hydrogen-bond acceptors (Lipinski definition) is 3. The molecule has 3 N–H and O–H groups in total. The molecule has 0 aromatic rings. The molecule has 0 spiro atoms. The Hall–Kier alpha value is -1.10. The fourth-order valence-electron chi connectivity index (χ4n) is 1.56. The summed E-state index contributed by atoms with van der Waals surface area (Å²) in [6, 6.07) is 0. The predicted molar refractivity (Wildman–Crippen MR) is 71.5 cm³/mol. The second kappa shape index (κ2) is 6.73. The fourth-order valence-corrected chi connectivity index (χ4v) is 1.56. The minimum absolute atomic E-state index is 0.0201. The van der Waals surface area contributed by atoms with Crippen LogP contribution in [-0.4, -0.2) is 34.6 Å². The number of rotatable bonds is 8. The molecule has 1 atom stereocenters. The van der Waals surface area contributed by atoms with Crippen LogP contribution in [-0.2, 0) is 9.59 Å². The quantitative estimate of drug-likeness (QED) is 0.617. The minimum Gasteiger partial charge on any atom is -0.480 e. The molecule has 0 bridgehead atoms. The van der Waals surface area contributed by atoms with Gasteiger partial charge in [-0.1, -0.05) is 20.3 Å². The van der Waals surface area contributed by atoms with Gasteiger partial charge in [0.1, 0.15) is 5.54 Å². The van der Waals surface area contributed by atoms with Gasteiger partial charge in [0.25, 0.3) is 0 Å². The molecular formula is C13H26N2O3. The number of carbonyl (C=O) groups excluding carboxylic acids is 1. The van der Waals surface area contributed by atoms with Crippen LogP contribution in [0.5, 0.6) is 0 Å². The summed E-state index contributed by atoms with van der Waals surface area (Å²) in [5.74, 6) is -1.10. The van der Waals surface area contributed by atoms with E-state index in [1.807, 2.05) is 27.7 Å². The lowest BCUT2D eigenvalue weighted by Gasteiger charge is -2.28. The van der Waals surface area contributed by atoms with Crippen molar-refractivity contribution in [3.05, 3.63) is 0 Å². The zero-order valence-corrected chi connectivity index (χ0v) is 12.1. The molecule has 1 amide bonds. The lowest BCUT2D eigenvalue weighted by molar-refractivity contribution is -0.144. The first-order valence-electron chi connectivity index (χ1n) is 6.46. The average molecular weight is 258 g/mol. The summed E-state index contributed by atoms with van der Waals surface area (Å²) in [4.78, 5) is 22.9. The van der Waals surface area contributed by atoms with Crippen LogP contribution >= 0.6 is 0 Å². The molecule has 0 aliphatic rings. The highest BCUT2D eigenvalue weighted by molar-refractivity contribution is 5.82. The zero-order valence-electron chi connectivity index (χ0n) is 12.1. The lowest BCUT2D eigenvalue weighted by atomic mass is 9.96. The number of carboxylic acids is 1. The predicted octanol–water partition coefficient (Wildman–Crippen LogP) is 1.52. The molecule has 0 rings (SSSR count). The largest absolute Gasteiger partial charge is 0.480 e. The van der Waals surface area contributed by atoms with Crippen LogP contribution in [0.15, 0.2) is 0 Å². The topological polar surface area (TPSA) is 78.4 Å². The summed E-state index contributed by atoms with van der Waals surface area (Å²) in [7, 11) is 0. The van der Waals surface area contributed by atoms with Gasteiger partial charge >= 0.3 is 5.97 Å². The summed E-state index contributed by atoms with van der Waals surface area (Å²) in [5.41, 5.74) is -1.30. The van der Waals surface area contributed by atoms with Gasteiger partial charge in [-0.05, 0) is 33.6 Å². The average Bonchev–Trinajstić information content (AvgIpc) is 2.26. The molecule has 0 aromatic heterocycles. The molecule has 18 heavy (non-hydrogen) atoms. The second-order valence-corrected chi connectivity index (χ2v) is 5.53. The summed E-state index contributed by atoms with van der Waals surface area (Å²) in [6.07, 6.45) is 2.06. The Kier molecular flexibility index (Phi) is 6.32. The summed E-state index contributed by atoms with van der Waals surface area (Å²) in [6.45, 7) is 9.42. The van der Waals surface area contributed by atoms with E-state index in [9.17, 15) is 9.59 Å². The van der Waals surface area contributed by atoms with Crippen molar-refractivity contribution in [3.8, 4) is 0 Å². The maximum atomic E-state index is 11.7. The van der Waals surface area contributed by atoms with E-state index in [-0.39, 0.29) is 18.0 Å². The van der Waals surface area contributed by atoms with Gasteiger partial charge in [0.2, 0.25) is 5.91 Å². The van der Waals surface area contributed by atoms with Crippen molar-refractivity contribution >= 4 is 11.9 Å². The van der Waals surface area contributed by atoms with Crippen LogP contribution < -0.4 is 10.6 Å². The van der Waals surface area contributed by atoms with Gasteiger partial charge in [-0.2, -0.15) is 0 Å². The first kappa shape index (κ1) is 16.9. The van der Waals surface area contributed by atoms with Gasteiger partial charge < -0.3 is 10.4 Å². The Morgan fingerprint density at radius 1 is 1.17 bits per heavy atom. The monoisotopic (exact) mass is 258 g/mol. The molecule has 5 nitrogen and oxygen atoms in total. The number of aliphatic carboxylic acids is 1. The maximum Gasteiger partial charge on any atom is 0.323 e. The third-order valence-corrected chi connectivity index (χ3v) is 3.22. The van der Waals surface area contributed by atoms with Crippen LogP contribution in [0.4, 0.5) is 0 Å². The van der Waals surface area contributed by atoms with Gasteiger partial charge in [0, 0.05) is 5.54 Å². The highest BCUT2D eigenvalue weighted by atomic mass is 16.4. The molecule has 0 saturated carbocycles. The van der Waals surface area contributed by atoms with Crippen molar-refractivity contribution in [2.45, 2.75) is 65.0 Å². The highest BCUT2D eigenvalue weighted by Gasteiger charge is 2.32. The van der Waals surface area contributed by atoms with E-state index in [0.717, 1.165) is 12.8 Å². The summed E-state index contributed by atoms with van der Waals surface area (Å²) >= 11 is 0. The van der Waals surface area contributed by atoms with E-state index in [0.29, 0.717) is 6.42 Å². The Labute approximate surface area is 109 Å². The van der Waals surface area contributed by atoms with Crippen molar-refractivity contribution in [2.24, 2.45) is 0 Å². The molecule has 0 fully saturated rings. The minimum atomic E-state index is -1.04. The van der Waals surface area contributed by atoms with E-state index in [4.69, 9.17) is 5.11 Å². The Morgan fingerprint density at radius 2 is 1.72 bits per heavy atom. The summed E-state index contributed by atoms with van der Waals surface area (Å²) < 4.78 is 0. The smallest absolute Gasteiger partial charge is 0.323 e. The molecule has 0 aliphatic heterocycles. The lowest BCUT2D eigenvalue weighted by Crippen LogP contribution is -2.54. The van der Waals surface area contributed by atoms with Crippen molar-refractivity contribution in [1.29, 1.82) is 0 Å². The van der Waals surface area contributed by atoms with Gasteiger partial charge in [-0.25, -0.2) is 0 Å². The number of hydrogen-bond donors (Lipinski definition) is 3. The van der Waals surface area contributed by atoms with Crippen LogP contribution in [0, 0.1) is 0 Å². The van der Waals surface area contributed by atoms with Crippen LogP contribution in [0.1, 0.15) is 53.9 Å². The van der Waals surface area contributed by atoms with E-state index < -0.39 is 11.5 Å². The molecule has 0 aliphatic carbocycles. The first-order chi connectivity index (χ1) is 8.17. The molecule has 1 unspecified atom stereocenters. The van der Waals surface area contributed by atoms with Crippen molar-refractivity contribution in [2.75, 3.05) is 6.54 Å². The third kappa shape index (κ3) is 5.49. The number of carboxylic acid groups (broad SMARTS) is 1. The highest BCUT2D eigenvalue weighted by Crippen LogP contribution is 2.12. The molecule has 0 aromatic carbocycles. The van der Waals surface area contributed by atoms with Crippen molar-refractivity contribution in [1.82, 2.24) is 10.6 Å². The molecular weight excluding hydrogens is 232 g/mol. The SMILES string of the molecule is CCCC(C)(NCC(=O)NC(C)(C)CC)C(=O)O. The van der Waals surface area contributed by atoms with E-state index in [1.165, 1.54) is 0 Å². The Bertz CT molecular complexity index is 303. The molecule has 0 heterocycles. The van der Waals surface area contributed by atoms with Crippen LogP contribution in [0.25, 0.3) is 0 Å². The number of amides is 1. The Morgan fingerprint density at radius 3 is 2.11 bits per heavy atom. The molecule has 5 heteroatoms. The van der Waals surface area contributed by atoms with E-state index in [2.05, 4.69) is 10.6 Å². The number of carbonyl (C=O) groups is 2. The van der Waals surface area contributed by atoms with Crippen molar-refractivity contribution in [3.63, 3.8) is 0 Å². The van der Waals surface area contributed by atoms with Gasteiger partial charge in [-0.3, -0.25) is 14.9 Å². The van der Waals surface area contributed by atoms with Gasteiger partial charge in [-0.15, -0.1) is 0 Å². The molecule has 0 saturated heterocycles. The fraction of sp³-hybridized carbons (Fsp3) is 0.846. The van der Waals surface area contributed by atoms with Gasteiger partial charge in [0.05, 0.1) is 6.54 Å². The first-order valence-corrected chi connectivity index (χ1v) is 6.46. The van der Waals surface area contributed by atoms with Gasteiger partial charge in [0.15, 0.2) is 0 Å². The van der Waals surface area contributed by atoms with E-state index in [1.54, 1.807) is 6.92 Å². The van der Waals surface area contributed by atoms with E-state index >= 15 is 0 Å². The number of nitrogens with one attached hydrogen (secondary N) is 2. The third-order valence-electron chi connectivity index (χ3n) is 3.22. The zero-order chi connectivity index (χ0) is 14.4. The normalized spacial score (nSPS) is 14.9. The van der Waals surface area contributed by atoms with Crippen LogP contribution in [0.3, 0.4) is 0 Å². The summed E-state index contributed by atoms with van der Waals surface area (Å²) in [5, 5.41) is 14.9. The maximum absolute atomic E-state index is 11.7. The molecule has 0 radical (unpaired) electrons. The molecule has 106 valence electrons. The standard InChI is InChI=1S/C13H26N2O3/c1-6-8-13(5,11(17)18)14-9-10(16)15-12(3,4)7-2/h14H,6-9H2,1-5H3,(H,15,16)(H,17,18). The Balaban J connectivity index is 4.37. The van der Waals surface area contributed by atoms with Crippen LogP contribution in [0.2, 0.25) is 0 Å². The van der Waals surface area contributed by atoms with Crippen molar-refractivity contribution < 1.29 is 14.7 Å². The second-order valence-electron chi connectivity index (χ2n) is 5.53.